The highest BCUT2D eigenvalue weighted by atomic mass is 35.5. The molecule has 0 atom stereocenters. The molecule has 0 spiro atoms. The molecular weight excluding hydrogens is 204 g/mol. The van der Waals surface area contributed by atoms with Crippen molar-refractivity contribution in [1.29, 1.82) is 0 Å². The summed E-state index contributed by atoms with van der Waals surface area (Å²) in [5.74, 6) is 0.0601. The number of carbonyl (C=O) groups is 1. The maximum absolute atomic E-state index is 11.5. The van der Waals surface area contributed by atoms with Crippen LogP contribution in [-0.2, 0) is 11.8 Å². The number of halogens is 1. The van der Waals surface area contributed by atoms with E-state index in [-0.39, 0.29) is 11.8 Å². The predicted molar refractivity (Wildman–Crippen MR) is 53.2 cm³/mol. The molecule has 0 aliphatic carbocycles. The fraction of sp³-hybridized carbons (Fsp3) is 0.500. The van der Waals surface area contributed by atoms with E-state index in [9.17, 15) is 4.79 Å². The Labute approximate surface area is 86.4 Å². The summed E-state index contributed by atoms with van der Waals surface area (Å²) in [4.78, 5) is 11.5. The zero-order chi connectivity index (χ0) is 10.1. The predicted octanol–water partition coefficient (Wildman–Crippen LogP) is 0.231. The van der Waals surface area contributed by atoms with Gasteiger partial charge in [0.1, 0.15) is 5.15 Å². The van der Waals surface area contributed by atoms with Gasteiger partial charge < -0.3 is 10.6 Å². The van der Waals surface area contributed by atoms with Crippen molar-refractivity contribution in [1.82, 2.24) is 15.1 Å². The maximum atomic E-state index is 11.5. The lowest BCUT2D eigenvalue weighted by Crippen LogP contribution is -2.48. The van der Waals surface area contributed by atoms with Crippen molar-refractivity contribution in [2.45, 2.75) is 0 Å². The molecule has 1 amide bonds. The summed E-state index contributed by atoms with van der Waals surface area (Å²) in [6.45, 7) is 1.48. The van der Waals surface area contributed by atoms with E-state index in [0.29, 0.717) is 10.8 Å². The number of hydrogen-bond acceptors (Lipinski definition) is 3. The van der Waals surface area contributed by atoms with Crippen LogP contribution in [0.3, 0.4) is 0 Å². The monoisotopic (exact) mass is 214 g/mol. The van der Waals surface area contributed by atoms with Crippen molar-refractivity contribution in [2.75, 3.05) is 18.4 Å². The van der Waals surface area contributed by atoms with E-state index in [0.717, 1.165) is 13.1 Å². The second-order valence-electron chi connectivity index (χ2n) is 3.32. The molecule has 2 rings (SSSR count). The van der Waals surface area contributed by atoms with Crippen molar-refractivity contribution in [3.8, 4) is 0 Å². The average molecular weight is 215 g/mol. The second kappa shape index (κ2) is 3.59. The fourth-order valence-corrected chi connectivity index (χ4v) is 1.36. The van der Waals surface area contributed by atoms with Gasteiger partial charge in [0.05, 0.1) is 17.8 Å². The third kappa shape index (κ3) is 1.60. The number of aryl methyl sites for hydroxylation is 1. The SMILES string of the molecule is Cn1ncc(NC(=O)C2CNC2)c1Cl. The van der Waals surface area contributed by atoms with Crippen LogP contribution in [0, 0.1) is 5.92 Å². The average Bonchev–Trinajstić information content (AvgIpc) is 2.33. The van der Waals surface area contributed by atoms with Gasteiger partial charge in [0.15, 0.2) is 0 Å². The highest BCUT2D eigenvalue weighted by Gasteiger charge is 2.25. The topological polar surface area (TPSA) is 59.0 Å². The first-order valence-corrected chi connectivity index (χ1v) is 4.75. The number of aromatic nitrogens is 2. The Morgan fingerprint density at radius 3 is 2.93 bits per heavy atom. The number of rotatable bonds is 2. The Morgan fingerprint density at radius 1 is 1.79 bits per heavy atom. The van der Waals surface area contributed by atoms with Gasteiger partial charge in [-0.15, -0.1) is 0 Å². The minimum atomic E-state index is -0.00125. The lowest BCUT2D eigenvalue weighted by atomic mass is 10.0. The van der Waals surface area contributed by atoms with Gasteiger partial charge in [0.2, 0.25) is 5.91 Å². The molecular formula is C8H11ClN4O. The van der Waals surface area contributed by atoms with Crippen LogP contribution in [0.1, 0.15) is 0 Å². The van der Waals surface area contributed by atoms with E-state index in [1.807, 2.05) is 0 Å². The number of hydrogen-bond donors (Lipinski definition) is 2. The Balaban J connectivity index is 2.03. The normalized spacial score (nSPS) is 16.4. The van der Waals surface area contributed by atoms with Gasteiger partial charge in [-0.05, 0) is 0 Å². The minimum absolute atomic E-state index is 0.00125. The summed E-state index contributed by atoms with van der Waals surface area (Å²) in [7, 11) is 1.73. The summed E-state index contributed by atoms with van der Waals surface area (Å²) in [6.07, 6.45) is 1.55. The molecule has 0 saturated carbocycles. The van der Waals surface area contributed by atoms with Crippen LogP contribution in [0.25, 0.3) is 0 Å². The van der Waals surface area contributed by atoms with Crippen molar-refractivity contribution in [3.05, 3.63) is 11.3 Å². The number of carbonyl (C=O) groups excluding carboxylic acids is 1. The van der Waals surface area contributed by atoms with Gasteiger partial charge in [0.25, 0.3) is 0 Å². The first-order valence-electron chi connectivity index (χ1n) is 4.37. The minimum Gasteiger partial charge on any atom is -0.322 e. The molecule has 0 aromatic carbocycles. The fourth-order valence-electron chi connectivity index (χ4n) is 1.22. The highest BCUT2D eigenvalue weighted by Crippen LogP contribution is 2.20. The van der Waals surface area contributed by atoms with Crippen molar-refractivity contribution in [2.24, 2.45) is 13.0 Å². The third-order valence-electron chi connectivity index (χ3n) is 2.28. The Morgan fingerprint density at radius 2 is 2.50 bits per heavy atom. The molecule has 1 aromatic rings. The van der Waals surface area contributed by atoms with Gasteiger partial charge in [-0.1, -0.05) is 11.6 Å². The molecule has 6 heteroatoms. The molecule has 1 saturated heterocycles. The van der Waals surface area contributed by atoms with Crippen LogP contribution in [0.2, 0.25) is 5.15 Å². The maximum Gasteiger partial charge on any atom is 0.230 e. The van der Waals surface area contributed by atoms with Crippen molar-refractivity contribution >= 4 is 23.2 Å². The van der Waals surface area contributed by atoms with Gasteiger partial charge in [0, 0.05) is 20.1 Å². The summed E-state index contributed by atoms with van der Waals surface area (Å²) in [5.41, 5.74) is 0.575. The first kappa shape index (κ1) is 9.48. The van der Waals surface area contributed by atoms with Crippen LogP contribution in [0.15, 0.2) is 6.20 Å². The smallest absolute Gasteiger partial charge is 0.230 e. The molecule has 2 N–H and O–H groups in total. The number of amides is 1. The molecule has 1 aliphatic rings. The Kier molecular flexibility index (Phi) is 2.43. The number of anilines is 1. The molecule has 76 valence electrons. The van der Waals surface area contributed by atoms with Gasteiger partial charge in [-0.25, -0.2) is 0 Å². The zero-order valence-electron chi connectivity index (χ0n) is 7.75. The van der Waals surface area contributed by atoms with Gasteiger partial charge in [-0.3, -0.25) is 9.48 Å². The molecule has 2 heterocycles. The molecule has 0 bridgehead atoms. The van der Waals surface area contributed by atoms with Crippen LogP contribution < -0.4 is 10.6 Å². The molecule has 0 radical (unpaired) electrons. The van der Waals surface area contributed by atoms with E-state index in [4.69, 9.17) is 11.6 Å². The molecule has 5 nitrogen and oxygen atoms in total. The zero-order valence-corrected chi connectivity index (χ0v) is 8.51. The van der Waals surface area contributed by atoms with E-state index in [1.165, 1.54) is 4.68 Å². The van der Waals surface area contributed by atoms with Gasteiger partial charge in [-0.2, -0.15) is 5.10 Å². The number of nitrogens with zero attached hydrogens (tertiary/aromatic N) is 2. The van der Waals surface area contributed by atoms with E-state index in [1.54, 1.807) is 13.2 Å². The molecule has 1 aromatic heterocycles. The third-order valence-corrected chi connectivity index (χ3v) is 2.72. The molecule has 14 heavy (non-hydrogen) atoms. The largest absolute Gasteiger partial charge is 0.322 e. The van der Waals surface area contributed by atoms with Crippen LogP contribution in [-0.4, -0.2) is 28.8 Å². The molecule has 1 aliphatic heterocycles. The summed E-state index contributed by atoms with van der Waals surface area (Å²) in [6, 6.07) is 0. The van der Waals surface area contributed by atoms with Crippen molar-refractivity contribution < 1.29 is 4.79 Å². The lowest BCUT2D eigenvalue weighted by Gasteiger charge is -2.25. The lowest BCUT2D eigenvalue weighted by molar-refractivity contribution is -0.121. The second-order valence-corrected chi connectivity index (χ2v) is 3.68. The summed E-state index contributed by atoms with van der Waals surface area (Å²) < 4.78 is 1.51. The van der Waals surface area contributed by atoms with E-state index >= 15 is 0 Å². The van der Waals surface area contributed by atoms with E-state index in [2.05, 4.69) is 15.7 Å². The van der Waals surface area contributed by atoms with Crippen molar-refractivity contribution in [3.63, 3.8) is 0 Å². The van der Waals surface area contributed by atoms with E-state index < -0.39 is 0 Å². The van der Waals surface area contributed by atoms with Crippen LogP contribution in [0.5, 0.6) is 0 Å². The first-order chi connectivity index (χ1) is 6.68. The van der Waals surface area contributed by atoms with Crippen LogP contribution in [0.4, 0.5) is 5.69 Å². The van der Waals surface area contributed by atoms with Gasteiger partial charge >= 0.3 is 0 Å². The Hall–Kier alpha value is -1.07. The summed E-state index contributed by atoms with van der Waals surface area (Å²) in [5, 5.41) is 10.1. The molecule has 1 fully saturated rings. The van der Waals surface area contributed by atoms with Crippen LogP contribution >= 0.6 is 11.6 Å². The highest BCUT2D eigenvalue weighted by molar-refractivity contribution is 6.32. The Bertz CT molecular complexity index is 358. The quantitative estimate of drug-likeness (QED) is 0.741. The number of nitrogens with one attached hydrogen (secondary N) is 2. The molecule has 0 unspecified atom stereocenters. The summed E-state index contributed by atoms with van der Waals surface area (Å²) >= 11 is 5.89. The standard InChI is InChI=1S/C8H11ClN4O/c1-13-7(9)6(4-11-13)12-8(14)5-2-10-3-5/h4-5,10H,2-3H2,1H3,(H,12,14).